The molecule has 0 spiro atoms. The summed E-state index contributed by atoms with van der Waals surface area (Å²) in [5, 5.41) is 9.89. The molecule has 2 heterocycles. The molecule has 1 aliphatic heterocycles. The summed E-state index contributed by atoms with van der Waals surface area (Å²) < 4.78 is 43.8. The summed E-state index contributed by atoms with van der Waals surface area (Å²) in [6.45, 7) is 2.40. The summed E-state index contributed by atoms with van der Waals surface area (Å²) in [4.78, 5) is 0.0444. The van der Waals surface area contributed by atoms with Gasteiger partial charge in [-0.1, -0.05) is 12.1 Å². The van der Waals surface area contributed by atoms with E-state index in [4.69, 9.17) is 15.0 Å². The van der Waals surface area contributed by atoms with Crippen LogP contribution in [0.25, 0.3) is 16.9 Å². The molecule has 1 atom stereocenters. The standard InChI is InChI=1S/C19H18FN3O3S/c1-12-10-18-17(11-26-12)19(13-2-8-16(9-3-13)27(21,24)25)22-23(18)15-6-4-14(20)5-7-15/h2-9,12H,10-11H2,1H3,(H2,21,24,25)/t12-/m0/s1. The summed E-state index contributed by atoms with van der Waals surface area (Å²) >= 11 is 0. The Kier molecular flexibility index (Phi) is 4.33. The molecule has 6 nitrogen and oxygen atoms in total. The van der Waals surface area contributed by atoms with Gasteiger partial charge in [0.1, 0.15) is 5.82 Å². The Hall–Kier alpha value is -2.55. The fourth-order valence-electron chi connectivity index (χ4n) is 3.23. The summed E-state index contributed by atoms with van der Waals surface area (Å²) in [6, 6.07) is 12.4. The fraction of sp³-hybridized carbons (Fsp3) is 0.211. The minimum Gasteiger partial charge on any atom is -0.373 e. The fourth-order valence-corrected chi connectivity index (χ4v) is 3.75. The van der Waals surface area contributed by atoms with E-state index in [1.807, 2.05) is 6.92 Å². The van der Waals surface area contributed by atoms with Crippen LogP contribution in [0.3, 0.4) is 0 Å². The Morgan fingerprint density at radius 3 is 2.44 bits per heavy atom. The van der Waals surface area contributed by atoms with Gasteiger partial charge in [-0.15, -0.1) is 0 Å². The molecule has 0 aliphatic carbocycles. The first-order valence-corrected chi connectivity index (χ1v) is 9.99. The zero-order chi connectivity index (χ0) is 19.2. The van der Waals surface area contributed by atoms with Crippen LogP contribution in [0.1, 0.15) is 18.2 Å². The average molecular weight is 387 g/mol. The smallest absolute Gasteiger partial charge is 0.238 e. The number of aromatic nitrogens is 2. The number of rotatable bonds is 3. The predicted molar refractivity (Wildman–Crippen MR) is 98.3 cm³/mol. The van der Waals surface area contributed by atoms with Crippen molar-refractivity contribution in [3.8, 4) is 16.9 Å². The molecule has 1 aromatic heterocycles. The molecule has 8 heteroatoms. The maximum atomic E-state index is 13.3. The first-order chi connectivity index (χ1) is 12.8. The van der Waals surface area contributed by atoms with Crippen molar-refractivity contribution in [2.24, 2.45) is 5.14 Å². The van der Waals surface area contributed by atoms with Crippen molar-refractivity contribution >= 4 is 10.0 Å². The largest absolute Gasteiger partial charge is 0.373 e. The zero-order valence-electron chi connectivity index (χ0n) is 14.6. The normalized spacial score (nSPS) is 16.9. The highest BCUT2D eigenvalue weighted by atomic mass is 32.2. The van der Waals surface area contributed by atoms with E-state index >= 15 is 0 Å². The second-order valence-corrected chi connectivity index (χ2v) is 8.12. The van der Waals surface area contributed by atoms with E-state index < -0.39 is 10.0 Å². The van der Waals surface area contributed by atoms with Crippen LogP contribution in [0, 0.1) is 5.82 Å². The lowest BCUT2D eigenvalue weighted by Gasteiger charge is -2.21. The van der Waals surface area contributed by atoms with Gasteiger partial charge in [0.05, 0.1) is 34.7 Å². The van der Waals surface area contributed by atoms with E-state index in [-0.39, 0.29) is 16.8 Å². The van der Waals surface area contributed by atoms with Gasteiger partial charge in [-0.3, -0.25) is 0 Å². The number of hydrogen-bond donors (Lipinski definition) is 1. The Labute approximate surface area is 156 Å². The van der Waals surface area contributed by atoms with E-state index in [1.165, 1.54) is 24.3 Å². The molecule has 0 unspecified atom stereocenters. The molecule has 140 valence electrons. The second-order valence-electron chi connectivity index (χ2n) is 6.56. The molecule has 4 rings (SSSR count). The van der Waals surface area contributed by atoms with Crippen LogP contribution in [-0.4, -0.2) is 24.3 Å². The molecule has 3 aromatic rings. The Morgan fingerprint density at radius 2 is 1.81 bits per heavy atom. The summed E-state index contributed by atoms with van der Waals surface area (Å²) in [6.07, 6.45) is 0.723. The SMILES string of the molecule is C[C@H]1Cc2c(c(-c3ccc(S(N)(=O)=O)cc3)nn2-c2ccc(F)cc2)CO1. The quantitative estimate of drug-likeness (QED) is 0.749. The van der Waals surface area contributed by atoms with Crippen molar-refractivity contribution in [3.05, 3.63) is 65.6 Å². The van der Waals surface area contributed by atoms with E-state index in [0.717, 1.165) is 22.5 Å². The minimum absolute atomic E-state index is 0.0444. The van der Waals surface area contributed by atoms with Crippen molar-refractivity contribution in [1.29, 1.82) is 0 Å². The van der Waals surface area contributed by atoms with Crippen molar-refractivity contribution in [1.82, 2.24) is 9.78 Å². The molecule has 27 heavy (non-hydrogen) atoms. The van der Waals surface area contributed by atoms with Crippen molar-refractivity contribution < 1.29 is 17.5 Å². The van der Waals surface area contributed by atoms with Gasteiger partial charge >= 0.3 is 0 Å². The highest BCUT2D eigenvalue weighted by molar-refractivity contribution is 7.89. The molecule has 0 radical (unpaired) electrons. The van der Waals surface area contributed by atoms with Crippen LogP contribution >= 0.6 is 0 Å². The number of nitrogens with zero attached hydrogens (tertiary/aromatic N) is 2. The number of primary sulfonamides is 1. The summed E-state index contributed by atoms with van der Waals surface area (Å²) in [7, 11) is -3.75. The van der Waals surface area contributed by atoms with Crippen LogP contribution < -0.4 is 5.14 Å². The molecule has 2 aromatic carbocycles. The summed E-state index contributed by atoms with van der Waals surface area (Å²) in [5.41, 5.74) is 4.18. The average Bonchev–Trinajstić information content (AvgIpc) is 3.00. The highest BCUT2D eigenvalue weighted by Gasteiger charge is 2.26. The zero-order valence-corrected chi connectivity index (χ0v) is 15.4. The molecule has 0 bridgehead atoms. The number of benzene rings is 2. The number of sulfonamides is 1. The third-order valence-electron chi connectivity index (χ3n) is 4.61. The number of fused-ring (bicyclic) bond motifs is 1. The first kappa shape index (κ1) is 17.8. The van der Waals surface area contributed by atoms with Gasteiger partial charge in [0.2, 0.25) is 10.0 Å². The topological polar surface area (TPSA) is 87.2 Å². The van der Waals surface area contributed by atoms with E-state index in [1.54, 1.807) is 28.9 Å². The molecule has 1 aliphatic rings. The monoisotopic (exact) mass is 387 g/mol. The number of ether oxygens (including phenoxy) is 1. The molecule has 2 N–H and O–H groups in total. The van der Waals surface area contributed by atoms with Crippen LogP contribution in [0.4, 0.5) is 4.39 Å². The third-order valence-corrected chi connectivity index (χ3v) is 5.54. The van der Waals surface area contributed by atoms with Gasteiger partial charge in [0.15, 0.2) is 0 Å². The number of nitrogens with two attached hydrogens (primary N) is 1. The highest BCUT2D eigenvalue weighted by Crippen LogP contribution is 2.32. The van der Waals surface area contributed by atoms with E-state index in [2.05, 4.69) is 0 Å². The Bertz CT molecular complexity index is 1090. The van der Waals surface area contributed by atoms with E-state index in [9.17, 15) is 12.8 Å². The van der Waals surface area contributed by atoms with Gasteiger partial charge in [-0.2, -0.15) is 5.10 Å². The number of halogens is 1. The Balaban J connectivity index is 1.84. The maximum Gasteiger partial charge on any atom is 0.238 e. The second kappa shape index (κ2) is 6.56. The van der Waals surface area contributed by atoms with Crippen molar-refractivity contribution in [2.75, 3.05) is 0 Å². The van der Waals surface area contributed by atoms with Crippen LogP contribution in [0.5, 0.6) is 0 Å². The van der Waals surface area contributed by atoms with Crippen molar-refractivity contribution in [2.45, 2.75) is 31.0 Å². The lowest BCUT2D eigenvalue weighted by atomic mass is 10.0. The molecule has 0 saturated heterocycles. The Morgan fingerprint density at radius 1 is 1.15 bits per heavy atom. The predicted octanol–water partition coefficient (Wildman–Crippen LogP) is 2.79. The molecular weight excluding hydrogens is 369 g/mol. The van der Waals surface area contributed by atoms with Gasteiger partial charge < -0.3 is 4.74 Å². The first-order valence-electron chi connectivity index (χ1n) is 8.44. The molecule has 0 saturated carbocycles. The van der Waals surface area contributed by atoms with Gasteiger partial charge in [-0.05, 0) is 43.3 Å². The minimum atomic E-state index is -3.75. The van der Waals surface area contributed by atoms with Crippen LogP contribution in [-0.2, 0) is 27.8 Å². The number of hydrogen-bond acceptors (Lipinski definition) is 4. The summed E-state index contributed by atoms with van der Waals surface area (Å²) in [5.74, 6) is -0.310. The molecule has 0 fully saturated rings. The molecule has 0 amide bonds. The van der Waals surface area contributed by atoms with Crippen LogP contribution in [0.15, 0.2) is 53.4 Å². The van der Waals surface area contributed by atoms with Crippen LogP contribution in [0.2, 0.25) is 0 Å². The third kappa shape index (κ3) is 3.39. The van der Waals surface area contributed by atoms with Gasteiger partial charge in [0.25, 0.3) is 0 Å². The lowest BCUT2D eigenvalue weighted by molar-refractivity contribution is 0.0401. The maximum absolute atomic E-state index is 13.3. The van der Waals surface area contributed by atoms with Gasteiger partial charge in [-0.25, -0.2) is 22.6 Å². The van der Waals surface area contributed by atoms with Gasteiger partial charge in [0, 0.05) is 17.5 Å². The van der Waals surface area contributed by atoms with Crippen molar-refractivity contribution in [3.63, 3.8) is 0 Å². The van der Waals surface area contributed by atoms with E-state index in [0.29, 0.717) is 18.7 Å². The molecular formula is C19H18FN3O3S. The lowest BCUT2D eigenvalue weighted by Crippen LogP contribution is -2.20.